The Labute approximate surface area is 137 Å². The van der Waals surface area contributed by atoms with E-state index in [1.807, 2.05) is 30.3 Å². The number of carbonyl (C=O) groups excluding carboxylic acids is 1. The summed E-state index contributed by atoms with van der Waals surface area (Å²) in [6.45, 7) is 1.56. The van der Waals surface area contributed by atoms with Crippen LogP contribution in [0.1, 0.15) is 50.1 Å². The Morgan fingerprint density at radius 1 is 1.22 bits per heavy atom. The molecule has 2 N–H and O–H groups in total. The number of rotatable bonds is 9. The summed E-state index contributed by atoms with van der Waals surface area (Å²) in [4.78, 5) is 22.6. The second kappa shape index (κ2) is 9.30. The smallest absolute Gasteiger partial charge is 0.303 e. The van der Waals surface area contributed by atoms with Crippen molar-refractivity contribution in [1.29, 1.82) is 0 Å². The van der Waals surface area contributed by atoms with Crippen molar-refractivity contribution in [3.8, 4) is 0 Å². The average molecular weight is 319 g/mol. The molecule has 1 fully saturated rings. The Kier molecular flexibility index (Phi) is 7.07. The highest BCUT2D eigenvalue weighted by molar-refractivity contribution is 5.76. The lowest BCUT2D eigenvalue weighted by molar-refractivity contribution is -0.137. The third-order valence-electron chi connectivity index (χ3n) is 4.17. The predicted molar refractivity (Wildman–Crippen MR) is 87.0 cm³/mol. The minimum absolute atomic E-state index is 0.00475. The van der Waals surface area contributed by atoms with Crippen molar-refractivity contribution in [1.82, 2.24) is 5.32 Å². The molecule has 1 aliphatic heterocycles. The molecule has 5 nitrogen and oxygen atoms in total. The first-order valence-electron chi connectivity index (χ1n) is 8.29. The zero-order valence-electron chi connectivity index (χ0n) is 13.4. The standard InChI is InChI=1S/C18H25NO4/c20-17(8-4-5-9-18(21)22)19-16(12-14-10-11-23-13-14)15-6-2-1-3-7-15/h1-3,6-7,14,16H,4-5,8-13H2,(H,19,20)(H,21,22). The van der Waals surface area contributed by atoms with Gasteiger partial charge in [0.1, 0.15) is 0 Å². The molecule has 0 saturated carbocycles. The van der Waals surface area contributed by atoms with E-state index >= 15 is 0 Å². The summed E-state index contributed by atoms with van der Waals surface area (Å²) in [5.41, 5.74) is 1.11. The van der Waals surface area contributed by atoms with E-state index in [9.17, 15) is 9.59 Å². The molecule has 0 aromatic heterocycles. The van der Waals surface area contributed by atoms with Gasteiger partial charge in [0.2, 0.25) is 5.91 Å². The molecule has 2 atom stereocenters. The fraction of sp³-hybridized carbons (Fsp3) is 0.556. The van der Waals surface area contributed by atoms with Crippen molar-refractivity contribution >= 4 is 11.9 Å². The molecule has 5 heteroatoms. The lowest BCUT2D eigenvalue weighted by Crippen LogP contribution is -2.30. The molecule has 0 radical (unpaired) electrons. The molecule has 0 spiro atoms. The number of nitrogens with one attached hydrogen (secondary N) is 1. The number of benzene rings is 1. The maximum absolute atomic E-state index is 12.2. The van der Waals surface area contributed by atoms with E-state index in [1.165, 1.54) is 0 Å². The summed E-state index contributed by atoms with van der Waals surface area (Å²) < 4.78 is 5.43. The maximum Gasteiger partial charge on any atom is 0.303 e. The second-order valence-corrected chi connectivity index (χ2v) is 6.10. The molecular formula is C18H25NO4. The van der Waals surface area contributed by atoms with Crippen LogP contribution in [-0.2, 0) is 14.3 Å². The first-order chi connectivity index (χ1) is 11.1. The average Bonchev–Trinajstić information content (AvgIpc) is 3.05. The van der Waals surface area contributed by atoms with Gasteiger partial charge in [-0.25, -0.2) is 0 Å². The minimum Gasteiger partial charge on any atom is -0.481 e. The van der Waals surface area contributed by atoms with Crippen LogP contribution >= 0.6 is 0 Å². The van der Waals surface area contributed by atoms with Crippen LogP contribution in [0.15, 0.2) is 30.3 Å². The number of aliphatic carboxylic acids is 1. The number of carboxylic acid groups (broad SMARTS) is 1. The molecule has 1 saturated heterocycles. The van der Waals surface area contributed by atoms with Crippen LogP contribution in [0, 0.1) is 5.92 Å². The summed E-state index contributed by atoms with van der Waals surface area (Å²) in [7, 11) is 0. The molecule has 126 valence electrons. The van der Waals surface area contributed by atoms with Crippen molar-refractivity contribution in [3.05, 3.63) is 35.9 Å². The van der Waals surface area contributed by atoms with Gasteiger partial charge in [-0.2, -0.15) is 0 Å². The fourth-order valence-corrected chi connectivity index (χ4v) is 2.89. The number of carbonyl (C=O) groups is 2. The molecule has 23 heavy (non-hydrogen) atoms. The van der Waals surface area contributed by atoms with E-state index in [0.29, 0.717) is 25.2 Å². The first-order valence-corrected chi connectivity index (χ1v) is 8.29. The molecule has 1 aromatic rings. The molecule has 1 heterocycles. The van der Waals surface area contributed by atoms with Gasteiger partial charge in [0, 0.05) is 26.1 Å². The van der Waals surface area contributed by atoms with Crippen LogP contribution < -0.4 is 5.32 Å². The largest absolute Gasteiger partial charge is 0.481 e. The van der Waals surface area contributed by atoms with Crippen molar-refractivity contribution in [2.45, 2.75) is 44.6 Å². The normalized spacial score (nSPS) is 18.5. The van der Waals surface area contributed by atoms with Crippen molar-refractivity contribution < 1.29 is 19.4 Å². The molecule has 2 unspecified atom stereocenters. The molecule has 1 aliphatic rings. The Balaban J connectivity index is 1.86. The molecule has 1 amide bonds. The maximum atomic E-state index is 12.2. The minimum atomic E-state index is -0.811. The van der Waals surface area contributed by atoms with E-state index in [0.717, 1.165) is 31.6 Å². The van der Waals surface area contributed by atoms with E-state index in [-0.39, 0.29) is 18.4 Å². The molecule has 0 bridgehead atoms. The number of amides is 1. The van der Waals surface area contributed by atoms with Crippen molar-refractivity contribution in [2.75, 3.05) is 13.2 Å². The van der Waals surface area contributed by atoms with Gasteiger partial charge < -0.3 is 15.2 Å². The van der Waals surface area contributed by atoms with Crippen molar-refractivity contribution in [2.24, 2.45) is 5.92 Å². The van der Waals surface area contributed by atoms with Gasteiger partial charge >= 0.3 is 5.97 Å². The summed E-state index contributed by atoms with van der Waals surface area (Å²) in [6.07, 6.45) is 3.55. The number of hydrogen-bond donors (Lipinski definition) is 2. The van der Waals surface area contributed by atoms with Gasteiger partial charge in [-0.3, -0.25) is 9.59 Å². The van der Waals surface area contributed by atoms with Crippen LogP contribution in [0.2, 0.25) is 0 Å². The summed E-state index contributed by atoms with van der Waals surface area (Å²) in [5, 5.41) is 11.7. The topological polar surface area (TPSA) is 75.6 Å². The van der Waals surface area contributed by atoms with E-state index < -0.39 is 5.97 Å². The highest BCUT2D eigenvalue weighted by Gasteiger charge is 2.23. The molecule has 1 aromatic carbocycles. The lowest BCUT2D eigenvalue weighted by Gasteiger charge is -2.22. The number of carboxylic acids is 1. The fourth-order valence-electron chi connectivity index (χ4n) is 2.89. The van der Waals surface area contributed by atoms with Gasteiger partial charge in [-0.15, -0.1) is 0 Å². The number of unbranched alkanes of at least 4 members (excludes halogenated alkanes) is 1. The molecule has 2 rings (SSSR count). The third kappa shape index (κ3) is 6.40. The van der Waals surface area contributed by atoms with Crippen LogP contribution in [0.4, 0.5) is 0 Å². The predicted octanol–water partition coefficient (Wildman–Crippen LogP) is 2.92. The van der Waals surface area contributed by atoms with Crippen LogP contribution in [0.25, 0.3) is 0 Å². The van der Waals surface area contributed by atoms with Gasteiger partial charge in [-0.05, 0) is 37.2 Å². The summed E-state index contributed by atoms with van der Waals surface area (Å²) in [6, 6.07) is 9.98. The van der Waals surface area contributed by atoms with Gasteiger partial charge in [0.15, 0.2) is 0 Å². The molecular weight excluding hydrogens is 294 g/mol. The Morgan fingerprint density at radius 3 is 2.61 bits per heavy atom. The van der Waals surface area contributed by atoms with Gasteiger partial charge in [0.05, 0.1) is 6.04 Å². The Hall–Kier alpha value is -1.88. The van der Waals surface area contributed by atoms with Gasteiger partial charge in [-0.1, -0.05) is 30.3 Å². The SMILES string of the molecule is O=C(O)CCCCC(=O)NC(CC1CCOC1)c1ccccc1. The molecule has 0 aliphatic carbocycles. The number of ether oxygens (including phenoxy) is 1. The number of hydrogen-bond acceptors (Lipinski definition) is 3. The quantitative estimate of drug-likeness (QED) is 0.686. The highest BCUT2D eigenvalue weighted by Crippen LogP contribution is 2.26. The van der Waals surface area contributed by atoms with Crippen molar-refractivity contribution in [3.63, 3.8) is 0 Å². The second-order valence-electron chi connectivity index (χ2n) is 6.10. The van der Waals surface area contributed by atoms with Gasteiger partial charge in [0.25, 0.3) is 0 Å². The lowest BCUT2D eigenvalue weighted by atomic mass is 9.94. The monoisotopic (exact) mass is 319 g/mol. The first kappa shape index (κ1) is 17.5. The third-order valence-corrected chi connectivity index (χ3v) is 4.17. The zero-order chi connectivity index (χ0) is 16.5. The van der Waals surface area contributed by atoms with Crippen LogP contribution in [0.5, 0.6) is 0 Å². The van der Waals surface area contributed by atoms with Crippen LogP contribution in [0.3, 0.4) is 0 Å². The highest BCUT2D eigenvalue weighted by atomic mass is 16.5. The van der Waals surface area contributed by atoms with Crippen LogP contribution in [-0.4, -0.2) is 30.2 Å². The van der Waals surface area contributed by atoms with E-state index in [4.69, 9.17) is 9.84 Å². The summed E-state index contributed by atoms with van der Waals surface area (Å²) >= 11 is 0. The summed E-state index contributed by atoms with van der Waals surface area (Å²) in [5.74, 6) is -0.343. The Morgan fingerprint density at radius 2 is 1.96 bits per heavy atom. The Bertz CT molecular complexity index is 497. The van der Waals surface area contributed by atoms with E-state index in [2.05, 4.69) is 5.32 Å². The zero-order valence-corrected chi connectivity index (χ0v) is 13.4. The van der Waals surface area contributed by atoms with E-state index in [1.54, 1.807) is 0 Å².